The smallest absolute Gasteiger partial charge is 0.356 e. The Kier molecular flexibility index (Phi) is 5.34. The van der Waals surface area contributed by atoms with E-state index in [4.69, 9.17) is 0 Å². The van der Waals surface area contributed by atoms with Gasteiger partial charge in [0, 0.05) is 19.2 Å². The minimum absolute atomic E-state index is 0.234. The lowest BCUT2D eigenvalue weighted by molar-refractivity contribution is -0.137. The average Bonchev–Trinajstić information content (AvgIpc) is 3.29. The number of carbonyl (C=O) groups is 1. The molecule has 11 heteroatoms. The Hall–Kier alpha value is -3.50. The summed E-state index contributed by atoms with van der Waals surface area (Å²) in [6.45, 7) is 1.02. The van der Waals surface area contributed by atoms with E-state index in [0.29, 0.717) is 37.6 Å². The number of para-hydroxylation sites is 1. The van der Waals surface area contributed by atoms with Gasteiger partial charge in [-0.05, 0) is 25.0 Å². The van der Waals surface area contributed by atoms with Crippen molar-refractivity contribution < 1.29 is 18.0 Å². The van der Waals surface area contributed by atoms with Gasteiger partial charge < -0.3 is 10.2 Å². The molecule has 2 aromatic heterocycles. The fourth-order valence-electron chi connectivity index (χ4n) is 3.44. The van der Waals surface area contributed by atoms with Gasteiger partial charge in [0.1, 0.15) is 24.8 Å². The molecule has 0 saturated carbocycles. The molecular weight excluding hydrogens is 399 g/mol. The molecule has 0 radical (unpaired) electrons. The standard InChI is InChI=1S/C19H18F3N7O/c20-19(21,22)14-5-1-2-6-15(14)27-18(30)13-4-3-7-28(9-13)16-8-17(25-11-24-16)29-12-23-10-26-29/h1-2,5-6,8,10-13H,3-4,7,9H2,(H,27,30). The number of amides is 1. The highest BCUT2D eigenvalue weighted by Crippen LogP contribution is 2.35. The highest BCUT2D eigenvalue weighted by Gasteiger charge is 2.34. The molecule has 1 N–H and O–H groups in total. The zero-order valence-corrected chi connectivity index (χ0v) is 15.8. The first-order valence-corrected chi connectivity index (χ1v) is 9.31. The molecule has 30 heavy (non-hydrogen) atoms. The Labute approximate surface area is 169 Å². The van der Waals surface area contributed by atoms with Crippen LogP contribution in [0.4, 0.5) is 24.7 Å². The summed E-state index contributed by atoms with van der Waals surface area (Å²) < 4.78 is 41.1. The van der Waals surface area contributed by atoms with Crippen LogP contribution in [0.5, 0.6) is 0 Å². The zero-order valence-electron chi connectivity index (χ0n) is 15.8. The van der Waals surface area contributed by atoms with Crippen molar-refractivity contribution in [3.63, 3.8) is 0 Å². The zero-order chi connectivity index (χ0) is 21.1. The third-order valence-electron chi connectivity index (χ3n) is 4.90. The number of nitrogens with zero attached hydrogens (tertiary/aromatic N) is 6. The van der Waals surface area contributed by atoms with E-state index in [0.717, 1.165) is 6.07 Å². The van der Waals surface area contributed by atoms with Crippen LogP contribution in [0.1, 0.15) is 18.4 Å². The number of piperidine rings is 1. The van der Waals surface area contributed by atoms with Crippen molar-refractivity contribution in [2.24, 2.45) is 5.92 Å². The fraction of sp³-hybridized carbons (Fsp3) is 0.316. The first-order valence-electron chi connectivity index (χ1n) is 9.31. The van der Waals surface area contributed by atoms with Gasteiger partial charge in [-0.3, -0.25) is 4.79 Å². The first kappa shape index (κ1) is 19.8. The number of hydrogen-bond acceptors (Lipinski definition) is 6. The van der Waals surface area contributed by atoms with Gasteiger partial charge in [0.25, 0.3) is 0 Å². The minimum atomic E-state index is -4.54. The number of benzene rings is 1. The molecule has 8 nitrogen and oxygen atoms in total. The van der Waals surface area contributed by atoms with Gasteiger partial charge in [0.15, 0.2) is 5.82 Å². The third kappa shape index (κ3) is 4.24. The fourth-order valence-corrected chi connectivity index (χ4v) is 3.44. The normalized spacial score (nSPS) is 17.0. The van der Waals surface area contributed by atoms with Crippen LogP contribution in [0.15, 0.2) is 49.3 Å². The molecular formula is C19H18F3N7O. The molecule has 1 unspecified atom stereocenters. The Morgan fingerprint density at radius 3 is 2.70 bits per heavy atom. The quantitative estimate of drug-likeness (QED) is 0.702. The summed E-state index contributed by atoms with van der Waals surface area (Å²) in [5.41, 5.74) is -1.10. The van der Waals surface area contributed by atoms with E-state index < -0.39 is 23.6 Å². The van der Waals surface area contributed by atoms with Gasteiger partial charge in [-0.15, -0.1) is 0 Å². The maximum absolute atomic E-state index is 13.2. The number of rotatable bonds is 4. The van der Waals surface area contributed by atoms with Crippen LogP contribution in [-0.4, -0.2) is 43.7 Å². The van der Waals surface area contributed by atoms with Gasteiger partial charge in [-0.25, -0.2) is 19.6 Å². The third-order valence-corrected chi connectivity index (χ3v) is 4.90. The molecule has 156 valence electrons. The number of anilines is 2. The number of carbonyl (C=O) groups excluding carboxylic acids is 1. The van der Waals surface area contributed by atoms with Crippen molar-refractivity contribution in [3.05, 3.63) is 54.9 Å². The van der Waals surface area contributed by atoms with Crippen LogP contribution in [0.2, 0.25) is 0 Å². The molecule has 1 aromatic carbocycles. The Bertz CT molecular complexity index is 1020. The molecule has 0 aliphatic carbocycles. The van der Waals surface area contributed by atoms with E-state index in [1.54, 1.807) is 6.07 Å². The average molecular weight is 417 g/mol. The van der Waals surface area contributed by atoms with E-state index in [2.05, 4.69) is 25.4 Å². The molecule has 1 aliphatic rings. The van der Waals surface area contributed by atoms with Crippen molar-refractivity contribution >= 4 is 17.4 Å². The van der Waals surface area contributed by atoms with Crippen molar-refractivity contribution in [3.8, 4) is 5.82 Å². The van der Waals surface area contributed by atoms with Gasteiger partial charge >= 0.3 is 6.18 Å². The Balaban J connectivity index is 1.49. The van der Waals surface area contributed by atoms with E-state index >= 15 is 0 Å². The van der Waals surface area contributed by atoms with Crippen LogP contribution in [0.3, 0.4) is 0 Å². The number of halogens is 3. The predicted molar refractivity (Wildman–Crippen MR) is 102 cm³/mol. The largest absolute Gasteiger partial charge is 0.418 e. The molecule has 1 atom stereocenters. The maximum Gasteiger partial charge on any atom is 0.418 e. The summed E-state index contributed by atoms with van der Waals surface area (Å²) in [5.74, 6) is 0.235. The SMILES string of the molecule is O=C(Nc1ccccc1C(F)(F)F)C1CCCN(c2cc(-n3cncn3)ncn2)C1. The van der Waals surface area contributed by atoms with Gasteiger partial charge in [0.2, 0.25) is 5.91 Å². The lowest BCUT2D eigenvalue weighted by Crippen LogP contribution is -2.41. The topological polar surface area (TPSA) is 88.8 Å². The summed E-state index contributed by atoms with van der Waals surface area (Å²) in [6, 6.07) is 6.70. The summed E-state index contributed by atoms with van der Waals surface area (Å²) >= 11 is 0. The summed E-state index contributed by atoms with van der Waals surface area (Å²) in [5, 5.41) is 6.48. The second-order valence-corrected chi connectivity index (χ2v) is 6.89. The number of hydrogen-bond donors (Lipinski definition) is 1. The molecule has 1 aliphatic heterocycles. The molecule has 3 aromatic rings. The van der Waals surface area contributed by atoms with E-state index in [9.17, 15) is 18.0 Å². The van der Waals surface area contributed by atoms with Gasteiger partial charge in [0.05, 0.1) is 17.2 Å². The molecule has 1 fully saturated rings. The molecule has 0 spiro atoms. The molecule has 1 saturated heterocycles. The lowest BCUT2D eigenvalue weighted by Gasteiger charge is -2.33. The molecule has 3 heterocycles. The summed E-state index contributed by atoms with van der Waals surface area (Å²) in [6.07, 6.45) is 1.05. The summed E-state index contributed by atoms with van der Waals surface area (Å²) in [7, 11) is 0. The maximum atomic E-state index is 13.2. The van der Waals surface area contributed by atoms with Gasteiger partial charge in [-0.2, -0.15) is 18.3 Å². The van der Waals surface area contributed by atoms with Crippen LogP contribution in [0.25, 0.3) is 5.82 Å². The van der Waals surface area contributed by atoms with Gasteiger partial charge in [-0.1, -0.05) is 12.1 Å². The minimum Gasteiger partial charge on any atom is -0.356 e. The number of aromatic nitrogens is 5. The van der Waals surface area contributed by atoms with Crippen LogP contribution < -0.4 is 10.2 Å². The number of nitrogens with one attached hydrogen (secondary N) is 1. The summed E-state index contributed by atoms with van der Waals surface area (Å²) in [4.78, 5) is 27.0. The van der Waals surface area contributed by atoms with E-state index in [1.165, 1.54) is 41.9 Å². The van der Waals surface area contributed by atoms with Crippen molar-refractivity contribution in [1.82, 2.24) is 24.7 Å². The number of alkyl halides is 3. The van der Waals surface area contributed by atoms with Crippen molar-refractivity contribution in [2.45, 2.75) is 19.0 Å². The van der Waals surface area contributed by atoms with Crippen LogP contribution >= 0.6 is 0 Å². The second-order valence-electron chi connectivity index (χ2n) is 6.89. The van der Waals surface area contributed by atoms with Crippen LogP contribution in [0, 0.1) is 5.92 Å². The second kappa shape index (κ2) is 8.09. The first-order chi connectivity index (χ1) is 14.4. The van der Waals surface area contributed by atoms with Crippen molar-refractivity contribution in [1.29, 1.82) is 0 Å². The molecule has 1 amide bonds. The van der Waals surface area contributed by atoms with E-state index in [1.807, 2.05) is 4.90 Å². The monoisotopic (exact) mass is 417 g/mol. The highest BCUT2D eigenvalue weighted by atomic mass is 19.4. The predicted octanol–water partition coefficient (Wildman–Crippen LogP) is 2.93. The Morgan fingerprint density at radius 2 is 1.93 bits per heavy atom. The molecule has 0 bridgehead atoms. The highest BCUT2D eigenvalue weighted by molar-refractivity contribution is 5.93. The lowest BCUT2D eigenvalue weighted by atomic mass is 9.96. The van der Waals surface area contributed by atoms with E-state index in [-0.39, 0.29) is 5.69 Å². The Morgan fingerprint density at radius 1 is 1.13 bits per heavy atom. The van der Waals surface area contributed by atoms with Crippen LogP contribution in [-0.2, 0) is 11.0 Å². The molecule has 4 rings (SSSR count). The van der Waals surface area contributed by atoms with Crippen molar-refractivity contribution in [2.75, 3.05) is 23.3 Å².